The number of nitrogens with zero attached hydrogens (tertiary/aromatic N) is 2. The fraction of sp³-hybridized carbons (Fsp3) is 0.286. The molecule has 0 atom stereocenters. The van der Waals surface area contributed by atoms with Gasteiger partial charge in [0, 0.05) is 12.7 Å². The van der Waals surface area contributed by atoms with Crippen LogP contribution in [0.3, 0.4) is 0 Å². The van der Waals surface area contributed by atoms with E-state index in [0.717, 1.165) is 0 Å². The molecule has 0 saturated heterocycles. The molecule has 0 unspecified atom stereocenters. The van der Waals surface area contributed by atoms with E-state index < -0.39 is 11.6 Å². The van der Waals surface area contributed by atoms with Gasteiger partial charge in [-0.25, -0.2) is 18.7 Å². The van der Waals surface area contributed by atoms with Crippen LogP contribution in [0.25, 0.3) is 0 Å². The topological polar surface area (TPSA) is 47.0 Å². The van der Waals surface area contributed by atoms with E-state index in [1.165, 1.54) is 18.2 Å². The number of halogens is 3. The number of aromatic nitrogens is 2. The molecule has 0 fully saturated rings. The van der Waals surface area contributed by atoms with Gasteiger partial charge in [-0.15, -0.1) is 0 Å². The van der Waals surface area contributed by atoms with E-state index in [2.05, 4.69) is 15.3 Å². The van der Waals surface area contributed by atoms with Crippen LogP contribution in [0.5, 0.6) is 0 Å². The summed E-state index contributed by atoms with van der Waals surface area (Å²) in [6.45, 7) is 4.05. The number of aryl methyl sites for hydroxylation is 1. The first-order valence-electron chi connectivity index (χ1n) is 6.34. The van der Waals surface area contributed by atoms with E-state index in [4.69, 9.17) is 16.3 Å². The minimum absolute atomic E-state index is 0.163. The predicted octanol–water partition coefficient (Wildman–Crippen LogP) is 4.00. The molecule has 2 aromatic rings. The highest BCUT2D eigenvalue weighted by Crippen LogP contribution is 2.25. The number of hydrogen-bond acceptors (Lipinski definition) is 4. The van der Waals surface area contributed by atoms with Crippen molar-refractivity contribution < 1.29 is 13.5 Å². The Kier molecular flexibility index (Phi) is 5.03. The van der Waals surface area contributed by atoms with Crippen molar-refractivity contribution in [1.82, 2.24) is 9.97 Å². The second-order valence-corrected chi connectivity index (χ2v) is 4.69. The van der Waals surface area contributed by atoms with Crippen LogP contribution >= 0.6 is 11.6 Å². The zero-order valence-electron chi connectivity index (χ0n) is 11.6. The van der Waals surface area contributed by atoms with Gasteiger partial charge in [-0.3, -0.25) is 0 Å². The van der Waals surface area contributed by atoms with Gasteiger partial charge in [0.2, 0.25) is 0 Å². The van der Waals surface area contributed by atoms with Gasteiger partial charge in [-0.2, -0.15) is 0 Å². The molecule has 0 amide bonds. The molecule has 0 aliphatic carbocycles. The highest BCUT2D eigenvalue weighted by molar-refractivity contribution is 6.29. The van der Waals surface area contributed by atoms with Gasteiger partial charge < -0.3 is 10.1 Å². The van der Waals surface area contributed by atoms with Crippen LogP contribution in [-0.4, -0.2) is 16.6 Å². The molecule has 112 valence electrons. The number of ether oxygens (including phenoxy) is 1. The standard InChI is InChI=1S/C14H14ClF2N3O/c1-3-21-7-12-18-10(15)6-11(19-12)20-14-9(16)5-4-8(2)13(14)17/h4-6H,3,7H2,1-2H3,(H,18,19,20). The third kappa shape index (κ3) is 3.86. The summed E-state index contributed by atoms with van der Waals surface area (Å²) >= 11 is 5.87. The molecule has 21 heavy (non-hydrogen) atoms. The number of benzene rings is 1. The number of nitrogens with one attached hydrogen (secondary N) is 1. The fourth-order valence-corrected chi connectivity index (χ4v) is 1.89. The van der Waals surface area contributed by atoms with Crippen LogP contribution in [0.1, 0.15) is 18.3 Å². The zero-order valence-corrected chi connectivity index (χ0v) is 12.3. The van der Waals surface area contributed by atoms with Crippen molar-refractivity contribution in [3.63, 3.8) is 0 Å². The van der Waals surface area contributed by atoms with Gasteiger partial charge in [0.1, 0.15) is 29.1 Å². The molecule has 1 heterocycles. The summed E-state index contributed by atoms with van der Waals surface area (Å²) in [7, 11) is 0. The van der Waals surface area contributed by atoms with E-state index in [1.807, 2.05) is 6.92 Å². The van der Waals surface area contributed by atoms with Gasteiger partial charge >= 0.3 is 0 Å². The van der Waals surface area contributed by atoms with E-state index in [1.54, 1.807) is 6.92 Å². The van der Waals surface area contributed by atoms with Gasteiger partial charge in [-0.05, 0) is 25.5 Å². The van der Waals surface area contributed by atoms with Crippen molar-refractivity contribution in [2.24, 2.45) is 0 Å². The number of rotatable bonds is 5. The fourth-order valence-electron chi connectivity index (χ4n) is 1.69. The molecule has 1 N–H and O–H groups in total. The lowest BCUT2D eigenvalue weighted by atomic mass is 10.2. The molecule has 0 radical (unpaired) electrons. The SMILES string of the molecule is CCOCc1nc(Cl)cc(Nc2c(F)ccc(C)c2F)n1. The van der Waals surface area contributed by atoms with E-state index in [-0.39, 0.29) is 23.3 Å². The Morgan fingerprint density at radius 2 is 2.05 bits per heavy atom. The Hall–Kier alpha value is -1.79. The van der Waals surface area contributed by atoms with Gasteiger partial charge in [0.25, 0.3) is 0 Å². The molecule has 2 rings (SSSR count). The average Bonchev–Trinajstić information content (AvgIpc) is 2.45. The Morgan fingerprint density at radius 3 is 2.76 bits per heavy atom. The van der Waals surface area contributed by atoms with Crippen molar-refractivity contribution in [1.29, 1.82) is 0 Å². The first-order chi connectivity index (χ1) is 10.0. The second kappa shape index (κ2) is 6.78. The van der Waals surface area contributed by atoms with Crippen LogP contribution < -0.4 is 5.32 Å². The molecule has 1 aromatic heterocycles. The lowest BCUT2D eigenvalue weighted by Gasteiger charge is -2.11. The summed E-state index contributed by atoms with van der Waals surface area (Å²) in [4.78, 5) is 8.09. The third-order valence-corrected chi connectivity index (χ3v) is 2.91. The summed E-state index contributed by atoms with van der Waals surface area (Å²) in [6, 6.07) is 3.94. The Balaban J connectivity index is 2.31. The first kappa shape index (κ1) is 15.6. The van der Waals surface area contributed by atoms with Crippen LogP contribution in [0.15, 0.2) is 18.2 Å². The van der Waals surface area contributed by atoms with Crippen LogP contribution in [-0.2, 0) is 11.3 Å². The van der Waals surface area contributed by atoms with Gasteiger partial charge in [0.05, 0.1) is 0 Å². The molecule has 7 heteroatoms. The van der Waals surface area contributed by atoms with Crippen LogP contribution in [0.2, 0.25) is 5.15 Å². The van der Waals surface area contributed by atoms with Crippen molar-refractivity contribution in [2.75, 3.05) is 11.9 Å². The summed E-state index contributed by atoms with van der Waals surface area (Å²) in [5, 5.41) is 2.76. The van der Waals surface area contributed by atoms with Crippen molar-refractivity contribution >= 4 is 23.1 Å². The van der Waals surface area contributed by atoms with Crippen LogP contribution in [0, 0.1) is 18.6 Å². The predicted molar refractivity (Wildman–Crippen MR) is 76.7 cm³/mol. The summed E-state index contributed by atoms with van der Waals surface area (Å²) in [6.07, 6.45) is 0. The average molecular weight is 314 g/mol. The summed E-state index contributed by atoms with van der Waals surface area (Å²) in [5.74, 6) is -0.844. The summed E-state index contributed by atoms with van der Waals surface area (Å²) in [5.41, 5.74) is 0.0562. The van der Waals surface area contributed by atoms with E-state index in [9.17, 15) is 8.78 Å². The molecule has 4 nitrogen and oxygen atoms in total. The molecule has 0 saturated carbocycles. The van der Waals surface area contributed by atoms with Crippen molar-refractivity contribution in [2.45, 2.75) is 20.5 Å². The molecule has 0 aliphatic heterocycles. The monoisotopic (exact) mass is 313 g/mol. The Labute approximate surface area is 126 Å². The van der Waals surface area contributed by atoms with Crippen molar-refractivity contribution in [3.8, 4) is 0 Å². The number of anilines is 2. The lowest BCUT2D eigenvalue weighted by molar-refractivity contribution is 0.128. The van der Waals surface area contributed by atoms with Crippen LogP contribution in [0.4, 0.5) is 20.3 Å². The summed E-state index contributed by atoms with van der Waals surface area (Å²) < 4.78 is 32.9. The third-order valence-electron chi connectivity index (χ3n) is 2.71. The molecule has 1 aromatic carbocycles. The minimum atomic E-state index is -0.709. The highest BCUT2D eigenvalue weighted by atomic mass is 35.5. The minimum Gasteiger partial charge on any atom is -0.374 e. The maximum Gasteiger partial charge on any atom is 0.158 e. The Morgan fingerprint density at radius 1 is 1.29 bits per heavy atom. The molecule has 0 aliphatic rings. The molecule has 0 bridgehead atoms. The normalized spacial score (nSPS) is 10.7. The van der Waals surface area contributed by atoms with Gasteiger partial charge in [-0.1, -0.05) is 17.7 Å². The number of hydrogen-bond donors (Lipinski definition) is 1. The van der Waals surface area contributed by atoms with Crippen molar-refractivity contribution in [3.05, 3.63) is 46.4 Å². The molecule has 0 spiro atoms. The Bertz CT molecular complexity index is 652. The largest absolute Gasteiger partial charge is 0.374 e. The quantitative estimate of drug-likeness (QED) is 0.848. The first-order valence-corrected chi connectivity index (χ1v) is 6.72. The zero-order chi connectivity index (χ0) is 15.4. The smallest absolute Gasteiger partial charge is 0.158 e. The second-order valence-electron chi connectivity index (χ2n) is 4.31. The highest BCUT2D eigenvalue weighted by Gasteiger charge is 2.13. The van der Waals surface area contributed by atoms with E-state index in [0.29, 0.717) is 18.0 Å². The molecular weight excluding hydrogens is 300 g/mol. The lowest BCUT2D eigenvalue weighted by Crippen LogP contribution is -2.05. The maximum absolute atomic E-state index is 13.9. The van der Waals surface area contributed by atoms with E-state index >= 15 is 0 Å². The van der Waals surface area contributed by atoms with Gasteiger partial charge in [0.15, 0.2) is 11.6 Å². The molecular formula is C14H14ClF2N3O. The maximum atomic E-state index is 13.9.